The number of nitrogens with zero attached hydrogens (tertiary/aromatic N) is 1. The zero-order valence-corrected chi connectivity index (χ0v) is 12.7. The van der Waals surface area contributed by atoms with Crippen LogP contribution in [0.3, 0.4) is 0 Å². The van der Waals surface area contributed by atoms with E-state index >= 15 is 0 Å². The van der Waals surface area contributed by atoms with E-state index < -0.39 is 6.10 Å². The number of amides is 2. The van der Waals surface area contributed by atoms with E-state index in [1.807, 2.05) is 44.2 Å². The summed E-state index contributed by atoms with van der Waals surface area (Å²) in [4.78, 5) is 25.8. The average Bonchev–Trinajstić information content (AvgIpc) is 2.48. The first-order chi connectivity index (χ1) is 10.0. The Kier molecular flexibility index (Phi) is 4.96. The van der Waals surface area contributed by atoms with Crippen LogP contribution in [0.15, 0.2) is 30.3 Å². The number of benzene rings is 1. The molecule has 0 spiro atoms. The van der Waals surface area contributed by atoms with Crippen LogP contribution >= 0.6 is 0 Å². The lowest BCUT2D eigenvalue weighted by molar-refractivity contribution is -0.162. The predicted molar refractivity (Wildman–Crippen MR) is 79.5 cm³/mol. The van der Waals surface area contributed by atoms with Crippen LogP contribution in [-0.4, -0.2) is 43.0 Å². The summed E-state index contributed by atoms with van der Waals surface area (Å²) in [5.74, 6) is 0.0840. The summed E-state index contributed by atoms with van der Waals surface area (Å²) in [6.45, 7) is 4.61. The Bertz CT molecular complexity index is 502. The highest BCUT2D eigenvalue weighted by Crippen LogP contribution is 2.28. The molecule has 1 aromatic carbocycles. The molecule has 1 saturated heterocycles. The van der Waals surface area contributed by atoms with Gasteiger partial charge in [0.25, 0.3) is 5.91 Å². The lowest BCUT2D eigenvalue weighted by Gasteiger charge is -2.38. The van der Waals surface area contributed by atoms with Gasteiger partial charge in [-0.2, -0.15) is 0 Å². The van der Waals surface area contributed by atoms with Gasteiger partial charge in [-0.25, -0.2) is 0 Å². The minimum absolute atomic E-state index is 0.0560. The SMILES string of the molecule is CC(C)CNC(=O)[C@@H]1OCC(=O)N(C)[C@H]1c1ccccc1. The van der Waals surface area contributed by atoms with Gasteiger partial charge in [0, 0.05) is 13.6 Å². The first-order valence-electron chi connectivity index (χ1n) is 7.20. The van der Waals surface area contributed by atoms with Crippen LogP contribution in [0.1, 0.15) is 25.5 Å². The van der Waals surface area contributed by atoms with Gasteiger partial charge >= 0.3 is 0 Å². The fraction of sp³-hybridized carbons (Fsp3) is 0.500. The van der Waals surface area contributed by atoms with E-state index in [2.05, 4.69) is 5.32 Å². The van der Waals surface area contributed by atoms with Crippen LogP contribution in [-0.2, 0) is 14.3 Å². The van der Waals surface area contributed by atoms with Crippen LogP contribution in [0, 0.1) is 5.92 Å². The predicted octanol–water partition coefficient (Wildman–Crippen LogP) is 1.36. The van der Waals surface area contributed by atoms with Crippen LogP contribution in [0.5, 0.6) is 0 Å². The van der Waals surface area contributed by atoms with E-state index in [-0.39, 0.29) is 24.5 Å². The Labute approximate surface area is 125 Å². The number of hydrogen-bond donors (Lipinski definition) is 1. The maximum atomic E-state index is 12.4. The van der Waals surface area contributed by atoms with Crippen molar-refractivity contribution in [3.05, 3.63) is 35.9 Å². The van der Waals surface area contributed by atoms with Crippen molar-refractivity contribution in [2.45, 2.75) is 26.0 Å². The summed E-state index contributed by atoms with van der Waals surface area (Å²) in [7, 11) is 1.71. The first-order valence-corrected chi connectivity index (χ1v) is 7.20. The molecule has 21 heavy (non-hydrogen) atoms. The highest BCUT2D eigenvalue weighted by Gasteiger charge is 2.39. The van der Waals surface area contributed by atoms with Crippen LogP contribution in [0.25, 0.3) is 0 Å². The van der Waals surface area contributed by atoms with Gasteiger partial charge in [0.2, 0.25) is 5.91 Å². The summed E-state index contributed by atoms with van der Waals surface area (Å²) in [6, 6.07) is 9.12. The molecule has 5 nitrogen and oxygen atoms in total. The van der Waals surface area contributed by atoms with Crippen molar-refractivity contribution in [1.29, 1.82) is 0 Å². The number of nitrogens with one attached hydrogen (secondary N) is 1. The van der Waals surface area contributed by atoms with Gasteiger partial charge in [-0.15, -0.1) is 0 Å². The molecule has 1 fully saturated rings. The van der Waals surface area contributed by atoms with E-state index in [9.17, 15) is 9.59 Å². The molecule has 1 heterocycles. The van der Waals surface area contributed by atoms with Crippen molar-refractivity contribution in [2.75, 3.05) is 20.2 Å². The van der Waals surface area contributed by atoms with Crippen molar-refractivity contribution in [1.82, 2.24) is 10.2 Å². The highest BCUT2D eigenvalue weighted by atomic mass is 16.5. The van der Waals surface area contributed by atoms with Crippen LogP contribution < -0.4 is 5.32 Å². The second-order valence-corrected chi connectivity index (χ2v) is 5.73. The van der Waals surface area contributed by atoms with Crippen molar-refractivity contribution in [3.63, 3.8) is 0 Å². The molecule has 1 aliphatic rings. The number of hydrogen-bond acceptors (Lipinski definition) is 3. The highest BCUT2D eigenvalue weighted by molar-refractivity contribution is 5.86. The molecule has 1 aliphatic heterocycles. The normalized spacial score (nSPS) is 22.5. The molecule has 0 aliphatic carbocycles. The van der Waals surface area contributed by atoms with Crippen molar-refractivity contribution < 1.29 is 14.3 Å². The number of carbonyl (C=O) groups excluding carboxylic acids is 2. The summed E-state index contributed by atoms with van der Waals surface area (Å²) >= 11 is 0. The molecule has 1 N–H and O–H groups in total. The van der Waals surface area contributed by atoms with E-state index in [0.29, 0.717) is 12.5 Å². The third-order valence-electron chi connectivity index (χ3n) is 3.57. The van der Waals surface area contributed by atoms with Gasteiger partial charge in [0.1, 0.15) is 6.61 Å². The van der Waals surface area contributed by atoms with Gasteiger partial charge in [-0.3, -0.25) is 9.59 Å². The standard InChI is InChI=1S/C16H22N2O3/c1-11(2)9-17-16(20)15-14(12-7-5-4-6-8-12)18(3)13(19)10-21-15/h4-8,11,14-15H,9-10H2,1-3H3,(H,17,20)/t14-,15+/m0/s1. The second-order valence-electron chi connectivity index (χ2n) is 5.73. The third kappa shape index (κ3) is 3.61. The first kappa shape index (κ1) is 15.5. The maximum absolute atomic E-state index is 12.4. The van der Waals surface area contributed by atoms with E-state index in [1.54, 1.807) is 11.9 Å². The Morgan fingerprint density at radius 1 is 1.38 bits per heavy atom. The van der Waals surface area contributed by atoms with Crippen molar-refractivity contribution in [2.24, 2.45) is 5.92 Å². The molecule has 0 radical (unpaired) electrons. The van der Waals surface area contributed by atoms with E-state index in [1.165, 1.54) is 0 Å². The van der Waals surface area contributed by atoms with Gasteiger partial charge < -0.3 is 15.0 Å². The lowest BCUT2D eigenvalue weighted by atomic mass is 9.97. The second kappa shape index (κ2) is 6.72. The van der Waals surface area contributed by atoms with Gasteiger partial charge in [-0.05, 0) is 11.5 Å². The van der Waals surface area contributed by atoms with E-state index in [4.69, 9.17) is 4.74 Å². The van der Waals surface area contributed by atoms with Gasteiger partial charge in [0.15, 0.2) is 6.10 Å². The summed E-state index contributed by atoms with van der Waals surface area (Å²) in [5.41, 5.74) is 0.901. The Balaban J connectivity index is 2.21. The van der Waals surface area contributed by atoms with Crippen LogP contribution in [0.4, 0.5) is 0 Å². The molecule has 2 rings (SSSR count). The average molecular weight is 290 g/mol. The molecular weight excluding hydrogens is 268 g/mol. The smallest absolute Gasteiger partial charge is 0.251 e. The van der Waals surface area contributed by atoms with Crippen molar-refractivity contribution >= 4 is 11.8 Å². The fourth-order valence-corrected chi connectivity index (χ4v) is 2.39. The summed E-state index contributed by atoms with van der Waals surface area (Å²) in [5, 5.41) is 2.89. The maximum Gasteiger partial charge on any atom is 0.251 e. The third-order valence-corrected chi connectivity index (χ3v) is 3.57. The number of likely N-dealkylation sites (N-methyl/N-ethyl adjacent to an activating group) is 1. The molecule has 5 heteroatoms. The van der Waals surface area contributed by atoms with Crippen LogP contribution in [0.2, 0.25) is 0 Å². The monoisotopic (exact) mass is 290 g/mol. The Morgan fingerprint density at radius 2 is 2.05 bits per heavy atom. The summed E-state index contributed by atoms with van der Waals surface area (Å²) < 4.78 is 5.52. The zero-order chi connectivity index (χ0) is 15.4. The number of ether oxygens (including phenoxy) is 1. The molecule has 0 unspecified atom stereocenters. The number of rotatable bonds is 4. The van der Waals surface area contributed by atoms with E-state index in [0.717, 1.165) is 5.56 Å². The summed E-state index contributed by atoms with van der Waals surface area (Å²) in [6.07, 6.45) is -0.672. The molecule has 2 amide bonds. The molecule has 0 aromatic heterocycles. The quantitative estimate of drug-likeness (QED) is 0.911. The minimum Gasteiger partial charge on any atom is -0.356 e. The molecule has 0 bridgehead atoms. The zero-order valence-electron chi connectivity index (χ0n) is 12.7. The molecule has 0 saturated carbocycles. The number of carbonyl (C=O) groups is 2. The molecule has 1 aromatic rings. The molecule has 2 atom stereocenters. The Morgan fingerprint density at radius 3 is 2.67 bits per heavy atom. The Hall–Kier alpha value is -1.88. The van der Waals surface area contributed by atoms with Crippen molar-refractivity contribution in [3.8, 4) is 0 Å². The van der Waals surface area contributed by atoms with Gasteiger partial charge in [-0.1, -0.05) is 44.2 Å². The van der Waals surface area contributed by atoms with Gasteiger partial charge in [0.05, 0.1) is 6.04 Å². The fourth-order valence-electron chi connectivity index (χ4n) is 2.39. The lowest BCUT2D eigenvalue weighted by Crippen LogP contribution is -2.53. The largest absolute Gasteiger partial charge is 0.356 e. The topological polar surface area (TPSA) is 58.6 Å². The molecular formula is C16H22N2O3. The number of morpholine rings is 1. The minimum atomic E-state index is -0.672. The molecule has 114 valence electrons.